The van der Waals surface area contributed by atoms with Crippen LogP contribution in [-0.2, 0) is 16.0 Å². The highest BCUT2D eigenvalue weighted by Crippen LogP contribution is 2.40. The Labute approximate surface area is 171 Å². The average molecular weight is 393 g/mol. The molecule has 2 aromatic rings. The zero-order chi connectivity index (χ0) is 21.1. The molecule has 3 rings (SSSR count). The van der Waals surface area contributed by atoms with Crippen LogP contribution in [0.2, 0.25) is 0 Å². The van der Waals surface area contributed by atoms with Gasteiger partial charge in [0, 0.05) is 12.1 Å². The van der Waals surface area contributed by atoms with Crippen LogP contribution >= 0.6 is 0 Å². The topological polar surface area (TPSA) is 66.8 Å². The van der Waals surface area contributed by atoms with Crippen molar-refractivity contribution in [2.75, 3.05) is 13.7 Å². The van der Waals surface area contributed by atoms with Crippen molar-refractivity contribution in [2.45, 2.75) is 39.7 Å². The number of carbonyl (C=O) groups excluding carboxylic acids is 2. The molecule has 0 aromatic heterocycles. The van der Waals surface area contributed by atoms with Crippen molar-refractivity contribution < 1.29 is 19.4 Å². The SMILES string of the molecule is CCCN1C(=O)C(=O)/C(=C(\O)c2ccc(OC)cc2C)C1c1ccc(CC)cc1. The third kappa shape index (κ3) is 3.77. The van der Waals surface area contributed by atoms with Crippen LogP contribution in [0.15, 0.2) is 48.0 Å². The van der Waals surface area contributed by atoms with Crippen molar-refractivity contribution in [2.24, 2.45) is 0 Å². The zero-order valence-corrected chi connectivity index (χ0v) is 17.4. The molecule has 152 valence electrons. The van der Waals surface area contributed by atoms with Crippen molar-refractivity contribution in [3.8, 4) is 5.75 Å². The Bertz CT molecular complexity index is 959. The minimum atomic E-state index is -0.643. The summed E-state index contributed by atoms with van der Waals surface area (Å²) >= 11 is 0. The van der Waals surface area contributed by atoms with Crippen LogP contribution in [0.25, 0.3) is 5.76 Å². The molecular formula is C24H27NO4. The van der Waals surface area contributed by atoms with Gasteiger partial charge in [-0.2, -0.15) is 0 Å². The van der Waals surface area contributed by atoms with E-state index < -0.39 is 17.7 Å². The largest absolute Gasteiger partial charge is 0.507 e. The van der Waals surface area contributed by atoms with Gasteiger partial charge in [-0.3, -0.25) is 9.59 Å². The van der Waals surface area contributed by atoms with Crippen molar-refractivity contribution in [1.29, 1.82) is 0 Å². The Hall–Kier alpha value is -3.08. The van der Waals surface area contributed by atoms with E-state index >= 15 is 0 Å². The van der Waals surface area contributed by atoms with E-state index in [4.69, 9.17) is 4.74 Å². The van der Waals surface area contributed by atoms with Crippen molar-refractivity contribution in [3.05, 3.63) is 70.3 Å². The number of amides is 1. The predicted molar refractivity (Wildman–Crippen MR) is 113 cm³/mol. The number of aryl methyl sites for hydroxylation is 2. The highest BCUT2D eigenvalue weighted by atomic mass is 16.5. The maximum absolute atomic E-state index is 12.9. The molecule has 1 aliphatic heterocycles. The lowest BCUT2D eigenvalue weighted by Gasteiger charge is -2.25. The van der Waals surface area contributed by atoms with E-state index in [1.807, 2.05) is 38.1 Å². The maximum Gasteiger partial charge on any atom is 0.295 e. The lowest BCUT2D eigenvalue weighted by Crippen LogP contribution is -2.30. The molecule has 5 heteroatoms. The Morgan fingerprint density at radius 1 is 1.10 bits per heavy atom. The van der Waals surface area contributed by atoms with Gasteiger partial charge in [-0.1, -0.05) is 38.1 Å². The normalized spacial score (nSPS) is 18.3. The summed E-state index contributed by atoms with van der Waals surface area (Å²) in [5, 5.41) is 11.1. The average Bonchev–Trinajstić information content (AvgIpc) is 2.98. The number of nitrogens with zero attached hydrogens (tertiary/aromatic N) is 1. The molecule has 0 aliphatic carbocycles. The number of benzene rings is 2. The lowest BCUT2D eigenvalue weighted by atomic mass is 9.93. The summed E-state index contributed by atoms with van der Waals surface area (Å²) in [6, 6.07) is 12.5. The molecule has 29 heavy (non-hydrogen) atoms. The molecule has 1 saturated heterocycles. The second-order valence-electron chi connectivity index (χ2n) is 7.27. The molecule has 1 N–H and O–H groups in total. The van der Waals surface area contributed by atoms with Crippen LogP contribution in [-0.4, -0.2) is 35.4 Å². The van der Waals surface area contributed by atoms with Gasteiger partial charge in [0.05, 0.1) is 18.7 Å². The fourth-order valence-corrected chi connectivity index (χ4v) is 3.81. The van der Waals surface area contributed by atoms with Crippen LogP contribution in [0.3, 0.4) is 0 Å². The van der Waals surface area contributed by atoms with E-state index in [2.05, 4.69) is 6.92 Å². The second kappa shape index (κ2) is 8.52. The van der Waals surface area contributed by atoms with Crippen LogP contribution in [0, 0.1) is 6.92 Å². The van der Waals surface area contributed by atoms with Crippen LogP contribution in [0.1, 0.15) is 48.6 Å². The lowest BCUT2D eigenvalue weighted by molar-refractivity contribution is -0.139. The molecule has 5 nitrogen and oxygen atoms in total. The van der Waals surface area contributed by atoms with Gasteiger partial charge in [0.15, 0.2) is 0 Å². The Morgan fingerprint density at radius 3 is 2.34 bits per heavy atom. The van der Waals surface area contributed by atoms with Crippen molar-refractivity contribution >= 4 is 17.4 Å². The first-order valence-electron chi connectivity index (χ1n) is 9.95. The number of carbonyl (C=O) groups is 2. The van der Waals surface area contributed by atoms with E-state index in [1.165, 1.54) is 5.56 Å². The van der Waals surface area contributed by atoms with E-state index in [-0.39, 0.29) is 11.3 Å². The number of rotatable bonds is 6. The molecule has 0 radical (unpaired) electrons. The summed E-state index contributed by atoms with van der Waals surface area (Å²) in [7, 11) is 1.57. The number of methoxy groups -OCH3 is 1. The molecule has 2 aromatic carbocycles. The molecule has 1 fully saturated rings. The molecule has 1 atom stereocenters. The van der Waals surface area contributed by atoms with Crippen molar-refractivity contribution in [1.82, 2.24) is 4.90 Å². The molecule has 1 unspecified atom stereocenters. The standard InChI is InChI=1S/C24H27NO4/c1-5-13-25-21(17-9-7-16(6-2)8-10-17)20(23(27)24(25)28)22(26)19-12-11-18(29-4)14-15(19)3/h7-12,14,21,26H,5-6,13H2,1-4H3/b22-20-. The number of aliphatic hydroxyl groups excluding tert-OH is 1. The molecular weight excluding hydrogens is 366 g/mol. The molecule has 1 aliphatic rings. The number of hydrogen-bond donors (Lipinski definition) is 1. The van der Waals surface area contributed by atoms with Gasteiger partial charge in [0.2, 0.25) is 0 Å². The fourth-order valence-electron chi connectivity index (χ4n) is 3.81. The minimum absolute atomic E-state index is 0.140. The number of ketones is 1. The summed E-state index contributed by atoms with van der Waals surface area (Å²) in [6.07, 6.45) is 1.62. The van der Waals surface area contributed by atoms with E-state index in [9.17, 15) is 14.7 Å². The van der Waals surface area contributed by atoms with E-state index in [0.29, 0.717) is 17.9 Å². The minimum Gasteiger partial charge on any atom is -0.507 e. The van der Waals surface area contributed by atoms with Crippen LogP contribution < -0.4 is 4.74 Å². The van der Waals surface area contributed by atoms with Gasteiger partial charge in [0.1, 0.15) is 11.5 Å². The van der Waals surface area contributed by atoms with Crippen LogP contribution in [0.4, 0.5) is 0 Å². The first kappa shape index (κ1) is 20.6. The first-order valence-corrected chi connectivity index (χ1v) is 9.95. The number of aliphatic hydroxyl groups is 1. The van der Waals surface area contributed by atoms with Gasteiger partial charge in [-0.05, 0) is 54.7 Å². The van der Waals surface area contributed by atoms with Crippen molar-refractivity contribution in [3.63, 3.8) is 0 Å². The molecule has 0 saturated carbocycles. The van der Waals surface area contributed by atoms with Gasteiger partial charge >= 0.3 is 0 Å². The van der Waals surface area contributed by atoms with E-state index in [1.54, 1.807) is 30.2 Å². The quantitative estimate of drug-likeness (QED) is 0.449. The second-order valence-corrected chi connectivity index (χ2v) is 7.27. The highest BCUT2D eigenvalue weighted by Gasteiger charge is 2.45. The first-order chi connectivity index (χ1) is 13.9. The highest BCUT2D eigenvalue weighted by molar-refractivity contribution is 6.46. The third-order valence-electron chi connectivity index (χ3n) is 5.40. The van der Waals surface area contributed by atoms with Gasteiger partial charge in [0.25, 0.3) is 11.7 Å². The number of likely N-dealkylation sites (tertiary alicyclic amines) is 1. The smallest absolute Gasteiger partial charge is 0.295 e. The van der Waals surface area contributed by atoms with Crippen LogP contribution in [0.5, 0.6) is 5.75 Å². The predicted octanol–water partition coefficient (Wildman–Crippen LogP) is 4.40. The number of ether oxygens (including phenoxy) is 1. The Kier molecular flexibility index (Phi) is 6.06. The molecule has 1 heterocycles. The third-order valence-corrected chi connectivity index (χ3v) is 5.40. The Balaban J connectivity index is 2.18. The number of hydrogen-bond acceptors (Lipinski definition) is 4. The van der Waals surface area contributed by atoms with Gasteiger partial charge in [-0.15, -0.1) is 0 Å². The molecule has 0 bridgehead atoms. The number of Topliss-reactive ketones (excluding diaryl/α,β-unsaturated/α-hetero) is 1. The van der Waals surface area contributed by atoms with E-state index in [0.717, 1.165) is 24.0 Å². The summed E-state index contributed by atoms with van der Waals surface area (Å²) in [5.74, 6) is -0.691. The zero-order valence-electron chi connectivity index (χ0n) is 17.4. The summed E-state index contributed by atoms with van der Waals surface area (Å²) in [5.41, 5.74) is 3.43. The molecule has 0 spiro atoms. The molecule has 1 amide bonds. The Morgan fingerprint density at radius 2 is 1.79 bits per heavy atom. The summed E-state index contributed by atoms with van der Waals surface area (Å²) in [4.78, 5) is 27.2. The summed E-state index contributed by atoms with van der Waals surface area (Å²) < 4.78 is 5.23. The fraction of sp³-hybridized carbons (Fsp3) is 0.333. The van der Waals surface area contributed by atoms with Gasteiger partial charge in [-0.25, -0.2) is 0 Å². The maximum atomic E-state index is 12.9. The summed E-state index contributed by atoms with van der Waals surface area (Å²) in [6.45, 7) is 6.32. The van der Waals surface area contributed by atoms with Gasteiger partial charge < -0.3 is 14.7 Å². The monoisotopic (exact) mass is 393 g/mol.